The van der Waals surface area contributed by atoms with Gasteiger partial charge in [-0.3, -0.25) is 4.79 Å². The van der Waals surface area contributed by atoms with E-state index in [-0.39, 0.29) is 17.5 Å². The molecule has 0 aliphatic carbocycles. The second-order valence-corrected chi connectivity index (χ2v) is 9.42. The Morgan fingerprint density at radius 1 is 1.27 bits per heavy atom. The van der Waals surface area contributed by atoms with Crippen LogP contribution in [0.15, 0.2) is 30.6 Å². The Labute approximate surface area is 178 Å². The summed E-state index contributed by atoms with van der Waals surface area (Å²) < 4.78 is 13.0. The van der Waals surface area contributed by atoms with Gasteiger partial charge in [0.25, 0.3) is 5.91 Å². The minimum atomic E-state index is -0.250. The van der Waals surface area contributed by atoms with Crippen LogP contribution in [0.5, 0.6) is 11.5 Å². The molecule has 1 amide bonds. The molecule has 156 valence electrons. The van der Waals surface area contributed by atoms with Gasteiger partial charge in [0.05, 0.1) is 17.8 Å². The second-order valence-electron chi connectivity index (χ2n) is 8.15. The highest BCUT2D eigenvalue weighted by molar-refractivity contribution is 7.11. The van der Waals surface area contributed by atoms with E-state index in [0.717, 1.165) is 11.4 Å². The fourth-order valence-corrected chi connectivity index (χ4v) is 4.74. The summed E-state index contributed by atoms with van der Waals surface area (Å²) in [6, 6.07) is 5.42. The Morgan fingerprint density at radius 3 is 2.83 bits per heavy atom. The number of carbonyl (C=O) groups excluding carboxylic acids is 1. The van der Waals surface area contributed by atoms with Gasteiger partial charge in [-0.25, -0.2) is 9.67 Å². The molecule has 30 heavy (non-hydrogen) atoms. The molecule has 0 saturated carbocycles. The van der Waals surface area contributed by atoms with Crippen LogP contribution in [0.2, 0.25) is 0 Å². The molecule has 2 aliphatic heterocycles. The van der Waals surface area contributed by atoms with Crippen LogP contribution in [0.3, 0.4) is 0 Å². The highest BCUT2D eigenvalue weighted by Crippen LogP contribution is 2.41. The molecule has 2 aliphatic rings. The predicted molar refractivity (Wildman–Crippen MR) is 115 cm³/mol. The molecular weight excluding hydrogens is 402 g/mol. The summed E-state index contributed by atoms with van der Waals surface area (Å²) in [5.74, 6) is 1.80. The van der Waals surface area contributed by atoms with Gasteiger partial charge in [0.2, 0.25) is 0 Å². The van der Waals surface area contributed by atoms with Gasteiger partial charge >= 0.3 is 0 Å². The van der Waals surface area contributed by atoms with Crippen LogP contribution in [0.1, 0.15) is 46.6 Å². The summed E-state index contributed by atoms with van der Waals surface area (Å²) in [4.78, 5) is 18.8. The molecule has 0 saturated heterocycles. The zero-order valence-electron chi connectivity index (χ0n) is 17.1. The lowest BCUT2D eigenvalue weighted by atomic mass is 9.93. The standard InChI is InChI=1S/C21H23N5O3S/c1-12-10-22-20(30-12)15-9-21(2,3)26-18(25-15)14(11-23-26)19(27)24-13-4-5-16-17(8-13)29-7-6-28-16/h4-5,8,10-11,15,25H,6-7,9H2,1-3H3,(H,24,27). The fraction of sp³-hybridized carbons (Fsp3) is 0.381. The Morgan fingerprint density at radius 2 is 2.07 bits per heavy atom. The number of hydrogen-bond donors (Lipinski definition) is 2. The smallest absolute Gasteiger partial charge is 0.261 e. The molecule has 2 N–H and O–H groups in total. The van der Waals surface area contributed by atoms with Crippen LogP contribution in [0.25, 0.3) is 0 Å². The molecule has 1 unspecified atom stereocenters. The SMILES string of the molecule is Cc1cnc(C2CC(C)(C)n3ncc(C(=O)Nc4ccc5c(c4)OCCO5)c3N2)s1. The number of ether oxygens (including phenoxy) is 2. The molecule has 3 aromatic rings. The molecule has 8 nitrogen and oxygen atoms in total. The molecule has 5 rings (SSSR count). The highest BCUT2D eigenvalue weighted by Gasteiger charge is 2.37. The van der Waals surface area contributed by atoms with Gasteiger partial charge in [-0.05, 0) is 39.3 Å². The highest BCUT2D eigenvalue weighted by atomic mass is 32.1. The van der Waals surface area contributed by atoms with E-state index >= 15 is 0 Å². The third-order valence-corrected chi connectivity index (χ3v) is 6.37. The van der Waals surface area contributed by atoms with E-state index < -0.39 is 0 Å². The van der Waals surface area contributed by atoms with Crippen LogP contribution in [-0.4, -0.2) is 33.9 Å². The topological polar surface area (TPSA) is 90.3 Å². The van der Waals surface area contributed by atoms with E-state index in [1.165, 1.54) is 4.88 Å². The second kappa shape index (κ2) is 7.02. The largest absolute Gasteiger partial charge is 0.486 e. The van der Waals surface area contributed by atoms with Crippen LogP contribution in [0, 0.1) is 6.92 Å². The molecule has 4 heterocycles. The lowest BCUT2D eigenvalue weighted by Gasteiger charge is -2.37. The fourth-order valence-electron chi connectivity index (χ4n) is 3.92. The third-order valence-electron chi connectivity index (χ3n) is 5.34. The molecule has 0 bridgehead atoms. The van der Waals surface area contributed by atoms with Crippen LogP contribution < -0.4 is 20.1 Å². The molecule has 2 aromatic heterocycles. The molecule has 0 spiro atoms. The van der Waals surface area contributed by atoms with Crippen molar-refractivity contribution in [2.24, 2.45) is 0 Å². The van der Waals surface area contributed by atoms with Crippen molar-refractivity contribution in [3.63, 3.8) is 0 Å². The molecular formula is C21H23N5O3S. The van der Waals surface area contributed by atoms with Gasteiger partial charge in [0, 0.05) is 22.8 Å². The van der Waals surface area contributed by atoms with Gasteiger partial charge in [0.15, 0.2) is 11.5 Å². The maximum Gasteiger partial charge on any atom is 0.261 e. The minimum absolute atomic E-state index is 0.0312. The Kier molecular flexibility index (Phi) is 4.43. The van der Waals surface area contributed by atoms with Gasteiger partial charge in [-0.15, -0.1) is 11.3 Å². The summed E-state index contributed by atoms with van der Waals surface area (Å²) in [6.45, 7) is 7.33. The summed E-state index contributed by atoms with van der Waals surface area (Å²) >= 11 is 1.67. The normalized spacial score (nSPS) is 19.0. The summed E-state index contributed by atoms with van der Waals surface area (Å²) in [6.07, 6.45) is 4.33. The molecule has 1 atom stereocenters. The van der Waals surface area contributed by atoms with Crippen molar-refractivity contribution in [1.29, 1.82) is 0 Å². The van der Waals surface area contributed by atoms with E-state index in [9.17, 15) is 4.79 Å². The average molecular weight is 426 g/mol. The number of benzene rings is 1. The number of aromatic nitrogens is 3. The van der Waals surface area contributed by atoms with E-state index in [1.54, 1.807) is 35.7 Å². The first-order valence-corrected chi connectivity index (χ1v) is 10.7. The maximum atomic E-state index is 13.1. The number of thiazole rings is 1. The first-order valence-electron chi connectivity index (χ1n) is 9.89. The quantitative estimate of drug-likeness (QED) is 0.660. The number of fused-ring (bicyclic) bond motifs is 2. The lowest BCUT2D eigenvalue weighted by molar-refractivity contribution is 0.102. The van der Waals surface area contributed by atoms with Gasteiger partial charge in [0.1, 0.15) is 29.6 Å². The number of anilines is 2. The van der Waals surface area contributed by atoms with Gasteiger partial charge in [-0.1, -0.05) is 0 Å². The first kappa shape index (κ1) is 18.9. The molecule has 0 radical (unpaired) electrons. The number of nitrogens with zero attached hydrogens (tertiary/aromatic N) is 3. The van der Waals surface area contributed by atoms with Gasteiger partial charge < -0.3 is 20.1 Å². The van der Waals surface area contributed by atoms with Crippen molar-refractivity contribution in [1.82, 2.24) is 14.8 Å². The first-order chi connectivity index (χ1) is 14.4. The Hall–Kier alpha value is -3.07. The van der Waals surface area contributed by atoms with Crippen molar-refractivity contribution in [3.8, 4) is 11.5 Å². The minimum Gasteiger partial charge on any atom is -0.486 e. The number of rotatable bonds is 3. The number of nitrogens with one attached hydrogen (secondary N) is 2. The number of aryl methyl sites for hydroxylation is 1. The zero-order valence-corrected chi connectivity index (χ0v) is 17.9. The van der Waals surface area contributed by atoms with E-state index in [1.807, 2.05) is 17.8 Å². The number of amides is 1. The predicted octanol–water partition coefficient (Wildman–Crippen LogP) is 3.96. The van der Waals surface area contributed by atoms with Crippen molar-refractivity contribution in [2.75, 3.05) is 23.8 Å². The van der Waals surface area contributed by atoms with Crippen LogP contribution >= 0.6 is 11.3 Å². The summed E-state index contributed by atoms with van der Waals surface area (Å²) in [5, 5.41) is 12.0. The van der Waals surface area contributed by atoms with Crippen molar-refractivity contribution >= 4 is 28.7 Å². The summed E-state index contributed by atoms with van der Waals surface area (Å²) in [7, 11) is 0. The molecule has 0 fully saturated rings. The van der Waals surface area contributed by atoms with E-state index in [4.69, 9.17) is 9.47 Å². The lowest BCUT2D eigenvalue weighted by Crippen LogP contribution is -2.38. The molecule has 9 heteroatoms. The van der Waals surface area contributed by atoms with Crippen LogP contribution in [0.4, 0.5) is 11.5 Å². The maximum absolute atomic E-state index is 13.1. The number of hydrogen-bond acceptors (Lipinski definition) is 7. The van der Waals surface area contributed by atoms with Crippen LogP contribution in [-0.2, 0) is 5.54 Å². The van der Waals surface area contributed by atoms with E-state index in [2.05, 4.69) is 34.6 Å². The number of carbonyl (C=O) groups is 1. The third kappa shape index (κ3) is 3.28. The van der Waals surface area contributed by atoms with Crippen molar-refractivity contribution in [2.45, 2.75) is 38.8 Å². The molecule has 1 aromatic carbocycles. The average Bonchev–Trinajstić information content (AvgIpc) is 3.34. The summed E-state index contributed by atoms with van der Waals surface area (Å²) in [5.41, 5.74) is 0.891. The Bertz CT molecular complexity index is 1120. The zero-order chi connectivity index (χ0) is 20.9. The van der Waals surface area contributed by atoms with Gasteiger partial charge in [-0.2, -0.15) is 5.10 Å². The van der Waals surface area contributed by atoms with E-state index in [0.29, 0.717) is 41.8 Å². The monoisotopic (exact) mass is 425 g/mol. The van der Waals surface area contributed by atoms with Crippen molar-refractivity contribution < 1.29 is 14.3 Å². The van der Waals surface area contributed by atoms with Crippen molar-refractivity contribution in [3.05, 3.63) is 46.0 Å². The Balaban J connectivity index is 1.42.